The number of thioether (sulfide) groups is 1. The fourth-order valence-electron chi connectivity index (χ4n) is 2.47. The van der Waals surface area contributed by atoms with Gasteiger partial charge in [-0.2, -0.15) is 11.8 Å². The van der Waals surface area contributed by atoms with Gasteiger partial charge in [0.15, 0.2) is 0 Å². The molecule has 2 rings (SSSR count). The predicted molar refractivity (Wildman–Crippen MR) is 66.4 cm³/mol. The molecule has 0 aromatic rings. The van der Waals surface area contributed by atoms with Gasteiger partial charge in [0.25, 0.3) is 0 Å². The van der Waals surface area contributed by atoms with E-state index in [4.69, 9.17) is 4.74 Å². The molecule has 0 amide bonds. The van der Waals surface area contributed by atoms with E-state index >= 15 is 0 Å². The number of hydrogen-bond donors (Lipinski definition) is 1. The summed E-state index contributed by atoms with van der Waals surface area (Å²) in [6.07, 6.45) is 5.53. The summed E-state index contributed by atoms with van der Waals surface area (Å²) in [6.45, 7) is 6.90. The van der Waals surface area contributed by atoms with Crippen LogP contribution in [0.15, 0.2) is 12.7 Å². The van der Waals surface area contributed by atoms with Crippen LogP contribution in [0.5, 0.6) is 0 Å². The van der Waals surface area contributed by atoms with E-state index in [9.17, 15) is 0 Å². The van der Waals surface area contributed by atoms with E-state index in [2.05, 4.69) is 18.8 Å². The van der Waals surface area contributed by atoms with Crippen molar-refractivity contribution in [2.45, 2.75) is 43.9 Å². The summed E-state index contributed by atoms with van der Waals surface area (Å²) in [4.78, 5) is 0. The molecule has 86 valence electrons. The van der Waals surface area contributed by atoms with Crippen molar-refractivity contribution in [3.8, 4) is 0 Å². The number of nitrogens with one attached hydrogen (secondary N) is 1. The number of ether oxygens (including phenoxy) is 1. The van der Waals surface area contributed by atoms with Crippen LogP contribution in [0, 0.1) is 0 Å². The van der Waals surface area contributed by atoms with E-state index in [1.54, 1.807) is 0 Å². The Morgan fingerprint density at radius 1 is 1.67 bits per heavy atom. The van der Waals surface area contributed by atoms with Gasteiger partial charge in [-0.1, -0.05) is 6.08 Å². The molecule has 0 aromatic carbocycles. The molecule has 2 saturated heterocycles. The van der Waals surface area contributed by atoms with Crippen molar-refractivity contribution >= 4 is 11.8 Å². The maximum Gasteiger partial charge on any atom is 0.0795 e. The molecule has 3 heteroatoms. The van der Waals surface area contributed by atoms with Crippen molar-refractivity contribution in [2.24, 2.45) is 0 Å². The van der Waals surface area contributed by atoms with E-state index < -0.39 is 0 Å². The van der Waals surface area contributed by atoms with Crippen LogP contribution in [-0.2, 0) is 4.74 Å². The quantitative estimate of drug-likeness (QED) is 0.747. The highest BCUT2D eigenvalue weighted by atomic mass is 32.2. The minimum Gasteiger partial charge on any atom is -0.374 e. The lowest BCUT2D eigenvalue weighted by Crippen LogP contribution is -2.49. The zero-order valence-electron chi connectivity index (χ0n) is 9.50. The molecule has 2 aliphatic heterocycles. The Bertz CT molecular complexity index is 226. The number of rotatable bonds is 3. The Morgan fingerprint density at radius 3 is 3.20 bits per heavy atom. The van der Waals surface area contributed by atoms with Gasteiger partial charge in [0.2, 0.25) is 0 Å². The van der Waals surface area contributed by atoms with E-state index in [1.807, 2.05) is 17.8 Å². The third kappa shape index (κ3) is 2.77. The summed E-state index contributed by atoms with van der Waals surface area (Å²) in [5.41, 5.74) is 0.196. The van der Waals surface area contributed by atoms with Gasteiger partial charge in [-0.05, 0) is 31.9 Å². The molecule has 15 heavy (non-hydrogen) atoms. The second-order valence-corrected chi connectivity index (χ2v) is 5.82. The van der Waals surface area contributed by atoms with E-state index in [0.29, 0.717) is 12.1 Å². The summed E-state index contributed by atoms with van der Waals surface area (Å²) in [5, 5.41) is 3.61. The van der Waals surface area contributed by atoms with Gasteiger partial charge in [-0.15, -0.1) is 6.58 Å². The first-order valence-electron chi connectivity index (χ1n) is 5.84. The van der Waals surface area contributed by atoms with Gasteiger partial charge in [0, 0.05) is 24.4 Å². The third-order valence-electron chi connectivity index (χ3n) is 3.41. The van der Waals surface area contributed by atoms with Crippen molar-refractivity contribution in [1.29, 1.82) is 0 Å². The summed E-state index contributed by atoms with van der Waals surface area (Å²) >= 11 is 2.03. The highest BCUT2D eigenvalue weighted by molar-refractivity contribution is 7.99. The molecule has 0 bridgehead atoms. The molecule has 0 saturated carbocycles. The van der Waals surface area contributed by atoms with Crippen LogP contribution in [0.1, 0.15) is 26.2 Å². The molecule has 1 N–H and O–H groups in total. The smallest absolute Gasteiger partial charge is 0.0795 e. The van der Waals surface area contributed by atoms with Crippen LogP contribution < -0.4 is 5.32 Å². The van der Waals surface area contributed by atoms with E-state index in [-0.39, 0.29) is 5.60 Å². The van der Waals surface area contributed by atoms with Crippen LogP contribution in [0.4, 0.5) is 0 Å². The van der Waals surface area contributed by atoms with Gasteiger partial charge in [-0.25, -0.2) is 0 Å². The Morgan fingerprint density at radius 2 is 2.53 bits per heavy atom. The highest BCUT2D eigenvalue weighted by Gasteiger charge is 2.40. The monoisotopic (exact) mass is 227 g/mol. The molecule has 0 aromatic heterocycles. The minimum atomic E-state index is 0.196. The molecule has 1 spiro atoms. The summed E-state index contributed by atoms with van der Waals surface area (Å²) in [6, 6.07) is 1.03. The van der Waals surface area contributed by atoms with Gasteiger partial charge in [-0.3, -0.25) is 0 Å². The van der Waals surface area contributed by atoms with E-state index in [0.717, 1.165) is 13.0 Å². The summed E-state index contributed by atoms with van der Waals surface area (Å²) in [5.74, 6) is 2.46. The van der Waals surface area contributed by atoms with Crippen molar-refractivity contribution < 1.29 is 4.74 Å². The molecular formula is C12H21NOS. The first kappa shape index (κ1) is 11.5. The molecule has 2 aliphatic rings. The minimum absolute atomic E-state index is 0.196. The molecule has 2 nitrogen and oxygen atoms in total. The van der Waals surface area contributed by atoms with Crippen LogP contribution in [-0.4, -0.2) is 35.8 Å². The van der Waals surface area contributed by atoms with Crippen molar-refractivity contribution in [3.05, 3.63) is 12.7 Å². The maximum atomic E-state index is 5.99. The zero-order chi connectivity index (χ0) is 10.7. The molecule has 2 fully saturated rings. The SMILES string of the molecule is C=CC(C)NC1CCOC2(CCSC2)C1. The lowest BCUT2D eigenvalue weighted by molar-refractivity contribution is -0.0706. The third-order valence-corrected chi connectivity index (χ3v) is 4.64. The molecule has 3 atom stereocenters. The van der Waals surface area contributed by atoms with Crippen LogP contribution >= 0.6 is 11.8 Å². The fourth-order valence-corrected chi connectivity index (χ4v) is 3.85. The zero-order valence-corrected chi connectivity index (χ0v) is 10.3. The van der Waals surface area contributed by atoms with Gasteiger partial charge in [0.1, 0.15) is 0 Å². The van der Waals surface area contributed by atoms with Crippen LogP contribution in [0.2, 0.25) is 0 Å². The first-order valence-corrected chi connectivity index (χ1v) is 7.00. The Balaban J connectivity index is 1.89. The highest BCUT2D eigenvalue weighted by Crippen LogP contribution is 2.38. The van der Waals surface area contributed by atoms with Gasteiger partial charge in [0.05, 0.1) is 5.60 Å². The average Bonchev–Trinajstić information content (AvgIpc) is 2.66. The van der Waals surface area contributed by atoms with Crippen LogP contribution in [0.25, 0.3) is 0 Å². The lowest BCUT2D eigenvalue weighted by atomic mass is 9.89. The Hall–Kier alpha value is 0.0100. The normalized spacial score (nSPS) is 38.1. The standard InChI is InChI=1S/C12H21NOS/c1-3-10(2)13-11-4-6-14-12(8-11)5-7-15-9-12/h3,10-11,13H,1,4-9H2,2H3. The topological polar surface area (TPSA) is 21.3 Å². The van der Waals surface area contributed by atoms with Crippen LogP contribution in [0.3, 0.4) is 0 Å². The largest absolute Gasteiger partial charge is 0.374 e. The predicted octanol–water partition coefficient (Wildman–Crippen LogP) is 2.21. The van der Waals surface area contributed by atoms with Gasteiger partial charge < -0.3 is 10.1 Å². The molecule has 0 radical (unpaired) electrons. The van der Waals surface area contributed by atoms with Crippen molar-refractivity contribution in [3.63, 3.8) is 0 Å². The lowest BCUT2D eigenvalue weighted by Gasteiger charge is -2.38. The molecule has 3 unspecified atom stereocenters. The second-order valence-electron chi connectivity index (χ2n) is 4.71. The Labute approximate surface area is 96.8 Å². The Kier molecular flexibility index (Phi) is 3.75. The number of hydrogen-bond acceptors (Lipinski definition) is 3. The van der Waals surface area contributed by atoms with Crippen molar-refractivity contribution in [1.82, 2.24) is 5.32 Å². The average molecular weight is 227 g/mol. The summed E-state index contributed by atoms with van der Waals surface area (Å²) < 4.78 is 5.99. The second kappa shape index (κ2) is 4.89. The molecular weight excluding hydrogens is 206 g/mol. The summed E-state index contributed by atoms with van der Waals surface area (Å²) in [7, 11) is 0. The fraction of sp³-hybridized carbons (Fsp3) is 0.833. The molecule has 0 aliphatic carbocycles. The molecule has 2 heterocycles. The maximum absolute atomic E-state index is 5.99. The first-order chi connectivity index (χ1) is 7.24. The van der Waals surface area contributed by atoms with E-state index in [1.165, 1.54) is 24.3 Å². The van der Waals surface area contributed by atoms with Gasteiger partial charge >= 0.3 is 0 Å². The van der Waals surface area contributed by atoms with Crippen molar-refractivity contribution in [2.75, 3.05) is 18.1 Å².